The van der Waals surface area contributed by atoms with Crippen LogP contribution in [0.1, 0.15) is 30.0 Å². The Bertz CT molecular complexity index is 584. The molecule has 3 nitrogen and oxygen atoms in total. The highest BCUT2D eigenvalue weighted by atomic mass is 16.7. The fraction of sp³-hybridized carbons (Fsp3) is 0.333. The van der Waals surface area contributed by atoms with Crippen molar-refractivity contribution in [3.63, 3.8) is 0 Å². The molecule has 1 aliphatic carbocycles. The quantitative estimate of drug-likeness (QED) is 0.823. The Labute approximate surface area is 106 Å². The second kappa shape index (κ2) is 3.80. The molecule has 0 unspecified atom stereocenters. The van der Waals surface area contributed by atoms with Crippen molar-refractivity contribution in [3.8, 4) is 11.5 Å². The molecule has 1 aromatic heterocycles. The summed E-state index contributed by atoms with van der Waals surface area (Å²) >= 11 is 0. The van der Waals surface area contributed by atoms with Crippen LogP contribution in [0.5, 0.6) is 11.5 Å². The predicted octanol–water partition coefficient (Wildman–Crippen LogP) is 2.94. The Kier molecular flexibility index (Phi) is 2.13. The maximum atomic E-state index is 5.41. The van der Waals surface area contributed by atoms with Crippen molar-refractivity contribution in [2.45, 2.75) is 25.3 Å². The van der Waals surface area contributed by atoms with Gasteiger partial charge in [-0.25, -0.2) is 0 Å². The summed E-state index contributed by atoms with van der Waals surface area (Å²) in [6, 6.07) is 11.5. The van der Waals surface area contributed by atoms with Crippen molar-refractivity contribution >= 4 is 0 Å². The maximum Gasteiger partial charge on any atom is 0.231 e. The van der Waals surface area contributed by atoms with Crippen molar-refractivity contribution in [1.29, 1.82) is 0 Å². The molecule has 2 aromatic rings. The van der Waals surface area contributed by atoms with Crippen LogP contribution in [-0.4, -0.2) is 11.4 Å². The number of fused-ring (bicyclic) bond motifs is 1. The highest BCUT2D eigenvalue weighted by Crippen LogP contribution is 2.40. The minimum absolute atomic E-state index is 0.337. The molecule has 1 aromatic carbocycles. The van der Waals surface area contributed by atoms with Gasteiger partial charge in [0, 0.05) is 24.5 Å². The lowest BCUT2D eigenvalue weighted by Crippen LogP contribution is -2.02. The molecule has 0 bridgehead atoms. The van der Waals surface area contributed by atoms with E-state index in [4.69, 9.17) is 9.47 Å². The number of ether oxygens (including phenoxy) is 2. The molecule has 1 aliphatic heterocycles. The Balaban J connectivity index is 1.62. The molecule has 1 saturated carbocycles. The summed E-state index contributed by atoms with van der Waals surface area (Å²) in [5, 5.41) is 0. The second-order valence-electron chi connectivity index (χ2n) is 4.95. The summed E-state index contributed by atoms with van der Waals surface area (Å²) in [6.45, 7) is 1.22. The van der Waals surface area contributed by atoms with Crippen LogP contribution in [0.2, 0.25) is 0 Å². The minimum Gasteiger partial charge on any atom is -0.454 e. The number of rotatable bonds is 3. The molecule has 0 spiro atoms. The maximum absolute atomic E-state index is 5.41. The van der Waals surface area contributed by atoms with Gasteiger partial charge in [-0.05, 0) is 42.5 Å². The zero-order valence-corrected chi connectivity index (χ0v) is 10.1. The number of hydrogen-bond donors (Lipinski definition) is 0. The number of benzene rings is 1. The summed E-state index contributed by atoms with van der Waals surface area (Å²) < 4.78 is 13.0. The molecule has 1 fully saturated rings. The van der Waals surface area contributed by atoms with Crippen LogP contribution < -0.4 is 9.47 Å². The Morgan fingerprint density at radius 1 is 1.22 bits per heavy atom. The fourth-order valence-corrected chi connectivity index (χ4v) is 2.47. The van der Waals surface area contributed by atoms with E-state index in [2.05, 4.69) is 28.8 Å². The first-order valence-electron chi connectivity index (χ1n) is 6.35. The molecule has 3 heteroatoms. The lowest BCUT2D eigenvalue weighted by Gasteiger charge is -2.09. The summed E-state index contributed by atoms with van der Waals surface area (Å²) in [6.07, 6.45) is 4.68. The molecule has 0 amide bonds. The summed E-state index contributed by atoms with van der Waals surface area (Å²) in [4.78, 5) is 0. The van der Waals surface area contributed by atoms with Gasteiger partial charge in [-0.1, -0.05) is 6.07 Å². The first kappa shape index (κ1) is 10.1. The Morgan fingerprint density at radius 3 is 3.00 bits per heavy atom. The standard InChI is InChI=1S/C15H14NO2/c1-2-13(12-4-5-12)16(7-1)9-11-3-6-14-15(8-11)18-10-17-14/h2-3,6-8,12H,4-5,9-10H2. The molecule has 2 aliphatic rings. The SMILES string of the molecule is [c]1cc(C2CC2)n(Cc2ccc3c(c2)OCO3)c1. The summed E-state index contributed by atoms with van der Waals surface area (Å²) in [5.41, 5.74) is 2.65. The van der Waals surface area contributed by atoms with Gasteiger partial charge in [0.15, 0.2) is 11.5 Å². The minimum atomic E-state index is 0.337. The van der Waals surface area contributed by atoms with E-state index in [1.165, 1.54) is 24.1 Å². The van der Waals surface area contributed by atoms with Crippen molar-refractivity contribution in [2.24, 2.45) is 0 Å². The molecular formula is C15H14NO2. The van der Waals surface area contributed by atoms with Gasteiger partial charge in [-0.15, -0.1) is 0 Å². The van der Waals surface area contributed by atoms with E-state index in [0.29, 0.717) is 6.79 Å². The van der Waals surface area contributed by atoms with Crippen LogP contribution in [0.3, 0.4) is 0 Å². The van der Waals surface area contributed by atoms with E-state index >= 15 is 0 Å². The molecule has 2 heterocycles. The van der Waals surface area contributed by atoms with E-state index in [-0.39, 0.29) is 0 Å². The number of aromatic nitrogens is 1. The molecular weight excluding hydrogens is 226 g/mol. The van der Waals surface area contributed by atoms with Crippen LogP contribution >= 0.6 is 0 Å². The van der Waals surface area contributed by atoms with Crippen LogP contribution in [0.4, 0.5) is 0 Å². The van der Waals surface area contributed by atoms with Crippen molar-refractivity contribution < 1.29 is 9.47 Å². The van der Waals surface area contributed by atoms with E-state index in [9.17, 15) is 0 Å². The van der Waals surface area contributed by atoms with Gasteiger partial charge in [0.25, 0.3) is 0 Å². The van der Waals surface area contributed by atoms with Crippen LogP contribution in [0.25, 0.3) is 0 Å². The number of hydrogen-bond acceptors (Lipinski definition) is 2. The van der Waals surface area contributed by atoms with Gasteiger partial charge >= 0.3 is 0 Å². The summed E-state index contributed by atoms with van der Waals surface area (Å²) in [7, 11) is 0. The average Bonchev–Trinajstić information content (AvgIpc) is 2.95. The first-order chi connectivity index (χ1) is 8.90. The second-order valence-corrected chi connectivity index (χ2v) is 4.95. The zero-order chi connectivity index (χ0) is 11.9. The van der Waals surface area contributed by atoms with Gasteiger partial charge in [-0.2, -0.15) is 0 Å². The monoisotopic (exact) mass is 240 g/mol. The molecule has 0 saturated heterocycles. The smallest absolute Gasteiger partial charge is 0.231 e. The van der Waals surface area contributed by atoms with E-state index in [1.54, 1.807) is 0 Å². The molecule has 91 valence electrons. The largest absolute Gasteiger partial charge is 0.454 e. The van der Waals surface area contributed by atoms with E-state index < -0.39 is 0 Å². The first-order valence-corrected chi connectivity index (χ1v) is 6.35. The van der Waals surface area contributed by atoms with Crippen LogP contribution in [0, 0.1) is 6.07 Å². The van der Waals surface area contributed by atoms with Gasteiger partial charge in [-0.3, -0.25) is 0 Å². The topological polar surface area (TPSA) is 23.4 Å². The zero-order valence-electron chi connectivity index (χ0n) is 10.1. The highest BCUT2D eigenvalue weighted by molar-refractivity contribution is 5.44. The molecule has 18 heavy (non-hydrogen) atoms. The third-order valence-electron chi connectivity index (χ3n) is 3.58. The highest BCUT2D eigenvalue weighted by Gasteiger charge is 2.26. The van der Waals surface area contributed by atoms with Crippen LogP contribution in [0.15, 0.2) is 30.5 Å². The Hall–Kier alpha value is -1.90. The van der Waals surface area contributed by atoms with Crippen molar-refractivity contribution in [3.05, 3.63) is 47.8 Å². The predicted molar refractivity (Wildman–Crippen MR) is 66.9 cm³/mol. The van der Waals surface area contributed by atoms with Gasteiger partial charge in [0.1, 0.15) is 0 Å². The average molecular weight is 240 g/mol. The molecule has 1 radical (unpaired) electrons. The molecule has 0 atom stereocenters. The number of nitrogens with zero attached hydrogens (tertiary/aromatic N) is 1. The van der Waals surface area contributed by atoms with Gasteiger partial charge in [0.05, 0.1) is 0 Å². The van der Waals surface area contributed by atoms with Gasteiger partial charge < -0.3 is 14.0 Å². The fourth-order valence-electron chi connectivity index (χ4n) is 2.47. The lowest BCUT2D eigenvalue weighted by atomic mass is 10.2. The summed E-state index contributed by atoms with van der Waals surface area (Å²) in [5.74, 6) is 2.46. The third-order valence-corrected chi connectivity index (χ3v) is 3.58. The van der Waals surface area contributed by atoms with Gasteiger partial charge in [0.2, 0.25) is 6.79 Å². The van der Waals surface area contributed by atoms with E-state index in [1.807, 2.05) is 12.3 Å². The normalized spacial score (nSPS) is 17.1. The third kappa shape index (κ3) is 1.67. The molecule has 4 rings (SSSR count). The lowest BCUT2D eigenvalue weighted by molar-refractivity contribution is 0.174. The van der Waals surface area contributed by atoms with E-state index in [0.717, 1.165) is 24.0 Å². The molecule has 0 N–H and O–H groups in total. The van der Waals surface area contributed by atoms with Crippen molar-refractivity contribution in [2.75, 3.05) is 6.79 Å². The Morgan fingerprint density at radius 2 is 2.11 bits per heavy atom. The van der Waals surface area contributed by atoms with Crippen LogP contribution in [-0.2, 0) is 6.54 Å². The van der Waals surface area contributed by atoms with Crippen molar-refractivity contribution in [1.82, 2.24) is 4.57 Å².